The molecule has 0 amide bonds. The van der Waals surface area contributed by atoms with Crippen LogP contribution in [0.5, 0.6) is 0 Å². The first kappa shape index (κ1) is 9.32. The number of alkyl halides is 1. The Bertz CT molecular complexity index is 242. The van der Waals surface area contributed by atoms with Crippen LogP contribution in [0.15, 0.2) is 16.7 Å². The van der Waals surface area contributed by atoms with E-state index in [1.807, 2.05) is 0 Å². The second-order valence-electron chi connectivity index (χ2n) is 3.45. The van der Waals surface area contributed by atoms with Crippen molar-refractivity contribution in [3.63, 3.8) is 0 Å². The summed E-state index contributed by atoms with van der Waals surface area (Å²) in [6.07, 6.45) is 1.80. The van der Waals surface area contributed by atoms with E-state index in [0.717, 1.165) is 0 Å². The molecule has 0 saturated heterocycles. The third-order valence-corrected chi connectivity index (χ3v) is 9.94. The van der Waals surface area contributed by atoms with Crippen molar-refractivity contribution < 1.29 is 4.42 Å². The predicted octanol–water partition coefficient (Wildman–Crippen LogP) is 2.48. The molecular weight excluding hydrogens is 267 g/mol. The molecule has 1 aromatic rings. The average molecular weight is 280 g/mol. The molecule has 0 fully saturated rings. The van der Waals surface area contributed by atoms with Crippen molar-refractivity contribution in [2.45, 2.75) is 20.0 Å². The number of halogens is 1. The molecule has 62 valence electrons. The van der Waals surface area contributed by atoms with Gasteiger partial charge in [-0.1, -0.05) is 35.7 Å². The summed E-state index contributed by atoms with van der Waals surface area (Å²) in [5, 5.41) is 1.26. The van der Waals surface area contributed by atoms with Gasteiger partial charge in [0.15, 0.2) is 0 Å². The molecule has 0 radical (unpaired) electrons. The summed E-state index contributed by atoms with van der Waals surface area (Å²) in [6, 6.07) is 2.05. The van der Waals surface area contributed by atoms with Crippen molar-refractivity contribution in [1.29, 1.82) is 0 Å². The summed E-state index contributed by atoms with van der Waals surface area (Å²) in [4.78, 5) is 0. The summed E-state index contributed by atoms with van der Waals surface area (Å²) in [6.45, 7) is 6.80. The molecular formula is C8H13IOSi. The van der Waals surface area contributed by atoms with Crippen molar-refractivity contribution in [2.24, 2.45) is 0 Å². The van der Waals surface area contributed by atoms with E-state index in [2.05, 4.69) is 48.7 Å². The summed E-state index contributed by atoms with van der Waals surface area (Å²) in [7, 11) is -1.23. The second kappa shape index (κ2) is 3.31. The molecule has 1 heterocycles. The fraction of sp³-hybridized carbons (Fsp3) is 0.500. The number of hydrogen-bond acceptors (Lipinski definition) is 1. The van der Waals surface area contributed by atoms with Crippen molar-refractivity contribution in [3.05, 3.63) is 17.9 Å². The molecule has 0 saturated carbocycles. The molecule has 0 bridgehead atoms. The molecule has 0 spiro atoms. The van der Waals surface area contributed by atoms with E-state index in [-0.39, 0.29) is 0 Å². The zero-order valence-corrected chi connectivity index (χ0v) is 10.3. The Balaban J connectivity index is 3.00. The Morgan fingerprint density at radius 2 is 2.18 bits per heavy atom. The molecule has 11 heavy (non-hydrogen) atoms. The molecule has 0 unspecified atom stereocenters. The summed E-state index contributed by atoms with van der Waals surface area (Å²) in [5.41, 5.74) is 1.32. The van der Waals surface area contributed by atoms with E-state index in [1.165, 1.54) is 15.0 Å². The first-order valence-electron chi connectivity index (χ1n) is 3.68. The first-order valence-corrected chi connectivity index (χ1v) is 8.42. The van der Waals surface area contributed by atoms with Gasteiger partial charge in [-0.05, 0) is 18.6 Å². The predicted molar refractivity (Wildman–Crippen MR) is 59.4 cm³/mol. The summed E-state index contributed by atoms with van der Waals surface area (Å²) >= 11 is 2.45. The highest BCUT2D eigenvalue weighted by atomic mass is 127. The Kier molecular flexibility index (Phi) is 2.80. The first-order chi connectivity index (χ1) is 5.08. The fourth-order valence-corrected chi connectivity index (χ4v) is 3.83. The zero-order chi connectivity index (χ0) is 8.48. The second-order valence-corrected chi connectivity index (χ2v) is 10.2. The van der Waals surface area contributed by atoms with Crippen molar-refractivity contribution >= 4 is 36.0 Å². The van der Waals surface area contributed by atoms with Gasteiger partial charge >= 0.3 is 0 Å². The fourth-order valence-electron chi connectivity index (χ4n) is 1.13. The maximum atomic E-state index is 5.48. The molecule has 0 atom stereocenters. The molecule has 0 N–H and O–H groups in total. The minimum atomic E-state index is -1.23. The van der Waals surface area contributed by atoms with Gasteiger partial charge in [0.2, 0.25) is 0 Å². The van der Waals surface area contributed by atoms with Gasteiger partial charge in [0.1, 0.15) is 8.07 Å². The quantitative estimate of drug-likeness (QED) is 0.461. The van der Waals surface area contributed by atoms with E-state index < -0.39 is 8.07 Å². The van der Waals surface area contributed by atoms with Crippen molar-refractivity contribution in [1.82, 2.24) is 0 Å². The van der Waals surface area contributed by atoms with E-state index in [0.29, 0.717) is 0 Å². The summed E-state index contributed by atoms with van der Waals surface area (Å²) < 4.78 is 6.70. The number of furan rings is 1. The summed E-state index contributed by atoms with van der Waals surface area (Å²) in [5.74, 6) is 0. The lowest BCUT2D eigenvalue weighted by atomic mass is 10.4. The van der Waals surface area contributed by atoms with Gasteiger partial charge in [0.05, 0.1) is 11.6 Å². The Morgan fingerprint density at radius 1 is 1.55 bits per heavy atom. The Hall–Kier alpha value is 0.227. The van der Waals surface area contributed by atoms with Crippen LogP contribution in [0.2, 0.25) is 13.1 Å². The van der Waals surface area contributed by atoms with E-state index in [4.69, 9.17) is 4.42 Å². The van der Waals surface area contributed by atoms with Crippen LogP contribution in [-0.4, -0.2) is 12.1 Å². The van der Waals surface area contributed by atoms with Crippen LogP contribution >= 0.6 is 22.6 Å². The van der Waals surface area contributed by atoms with E-state index in [9.17, 15) is 0 Å². The lowest BCUT2D eigenvalue weighted by Crippen LogP contribution is -2.43. The van der Waals surface area contributed by atoms with Gasteiger partial charge in [-0.2, -0.15) is 0 Å². The number of rotatable bonds is 2. The van der Waals surface area contributed by atoms with Crippen LogP contribution in [0.1, 0.15) is 5.56 Å². The molecule has 0 aliphatic carbocycles. The molecule has 1 rings (SSSR count). The lowest BCUT2D eigenvalue weighted by Gasteiger charge is -2.16. The average Bonchev–Trinajstić information content (AvgIpc) is 2.36. The molecule has 0 aliphatic heterocycles. The van der Waals surface area contributed by atoms with Gasteiger partial charge in [-0.15, -0.1) is 0 Å². The van der Waals surface area contributed by atoms with Crippen molar-refractivity contribution in [3.8, 4) is 0 Å². The molecule has 1 aromatic heterocycles. The van der Waals surface area contributed by atoms with Crippen LogP contribution in [0.3, 0.4) is 0 Å². The minimum absolute atomic E-state index is 1.22. The SMILES string of the molecule is Cc1ccoc1[Si](C)(C)CI. The van der Waals surface area contributed by atoms with Crippen LogP contribution in [0.4, 0.5) is 0 Å². The van der Waals surface area contributed by atoms with Crippen LogP contribution in [0.25, 0.3) is 0 Å². The Morgan fingerprint density at radius 3 is 2.55 bits per heavy atom. The third kappa shape index (κ3) is 1.87. The topological polar surface area (TPSA) is 13.1 Å². The van der Waals surface area contributed by atoms with Gasteiger partial charge < -0.3 is 4.42 Å². The molecule has 0 aromatic carbocycles. The van der Waals surface area contributed by atoms with Crippen LogP contribution < -0.4 is 5.38 Å². The van der Waals surface area contributed by atoms with Gasteiger partial charge in [-0.3, -0.25) is 0 Å². The zero-order valence-electron chi connectivity index (χ0n) is 7.15. The highest BCUT2D eigenvalue weighted by Crippen LogP contribution is 2.10. The minimum Gasteiger partial charge on any atom is -0.474 e. The molecule has 3 heteroatoms. The monoisotopic (exact) mass is 280 g/mol. The van der Waals surface area contributed by atoms with Gasteiger partial charge in [-0.25, -0.2) is 0 Å². The highest BCUT2D eigenvalue weighted by Gasteiger charge is 2.26. The standard InChI is InChI=1S/C8H13IOSi/c1-7-4-5-10-8(7)11(2,3)6-9/h4-5H,6H2,1-3H3. The smallest absolute Gasteiger partial charge is 0.136 e. The van der Waals surface area contributed by atoms with E-state index >= 15 is 0 Å². The van der Waals surface area contributed by atoms with Crippen LogP contribution in [0, 0.1) is 6.92 Å². The van der Waals surface area contributed by atoms with Crippen LogP contribution in [-0.2, 0) is 0 Å². The molecule has 1 nitrogen and oxygen atoms in total. The van der Waals surface area contributed by atoms with Gasteiger partial charge in [0, 0.05) is 4.05 Å². The maximum absolute atomic E-state index is 5.48. The molecule has 0 aliphatic rings. The third-order valence-electron chi connectivity index (χ3n) is 1.81. The van der Waals surface area contributed by atoms with Crippen molar-refractivity contribution in [2.75, 3.05) is 4.05 Å². The number of hydrogen-bond donors (Lipinski definition) is 0. The van der Waals surface area contributed by atoms with Gasteiger partial charge in [0.25, 0.3) is 0 Å². The number of aryl methyl sites for hydroxylation is 1. The highest BCUT2D eigenvalue weighted by molar-refractivity contribution is 14.1. The largest absolute Gasteiger partial charge is 0.474 e. The maximum Gasteiger partial charge on any atom is 0.136 e. The van der Waals surface area contributed by atoms with E-state index in [1.54, 1.807) is 6.26 Å². The lowest BCUT2D eigenvalue weighted by molar-refractivity contribution is 0.596. The Labute approximate surface area is 82.3 Å². The normalized spacial score (nSPS) is 12.0.